The summed E-state index contributed by atoms with van der Waals surface area (Å²) < 4.78 is 5.42. The summed E-state index contributed by atoms with van der Waals surface area (Å²) in [6.07, 6.45) is 2.46. The van der Waals surface area contributed by atoms with Crippen molar-refractivity contribution in [1.29, 1.82) is 0 Å². The summed E-state index contributed by atoms with van der Waals surface area (Å²) in [4.78, 5) is 0. The molecule has 76 valence electrons. The predicted octanol–water partition coefficient (Wildman–Crippen LogP) is 3.62. The molecule has 0 aliphatic carbocycles. The number of hydrogen-bond donors (Lipinski definition) is 0. The molecule has 0 N–H and O–H groups in total. The highest BCUT2D eigenvalue weighted by molar-refractivity contribution is 5.34. The predicted molar refractivity (Wildman–Crippen MR) is 58.3 cm³/mol. The zero-order valence-electron chi connectivity index (χ0n) is 9.05. The lowest BCUT2D eigenvalue weighted by Crippen LogP contribution is -1.96. The Balaban J connectivity index is 2.27. The van der Waals surface area contributed by atoms with Crippen LogP contribution in [0.1, 0.15) is 49.3 Å². The summed E-state index contributed by atoms with van der Waals surface area (Å²) >= 11 is 0. The van der Waals surface area contributed by atoms with Gasteiger partial charge < -0.3 is 4.74 Å². The highest BCUT2D eigenvalue weighted by atomic mass is 16.5. The van der Waals surface area contributed by atoms with Gasteiger partial charge in [-0.2, -0.15) is 0 Å². The molecule has 2 rings (SSSR count). The quantitative estimate of drug-likeness (QED) is 0.707. The van der Waals surface area contributed by atoms with Crippen LogP contribution in [-0.4, -0.2) is 0 Å². The van der Waals surface area contributed by atoms with Gasteiger partial charge in [-0.15, -0.1) is 0 Å². The molecule has 0 saturated carbocycles. The van der Waals surface area contributed by atoms with Gasteiger partial charge in [-0.25, -0.2) is 0 Å². The van der Waals surface area contributed by atoms with Crippen molar-refractivity contribution in [1.82, 2.24) is 0 Å². The van der Waals surface area contributed by atoms with Crippen LogP contribution < -0.4 is 0 Å². The molecule has 1 aliphatic heterocycles. The van der Waals surface area contributed by atoms with Gasteiger partial charge >= 0.3 is 0 Å². The van der Waals surface area contributed by atoms with Gasteiger partial charge in [0.1, 0.15) is 0 Å². The largest absolute Gasteiger partial charge is 0.372 e. The summed E-state index contributed by atoms with van der Waals surface area (Å²) in [5, 5.41) is 0. The van der Waals surface area contributed by atoms with Crippen LogP contribution >= 0.6 is 0 Å². The fourth-order valence-corrected chi connectivity index (χ4v) is 2.21. The fourth-order valence-electron chi connectivity index (χ4n) is 2.21. The second-order valence-electron chi connectivity index (χ2n) is 4.03. The zero-order valence-corrected chi connectivity index (χ0v) is 9.05. The molecule has 0 amide bonds. The number of fused-ring (bicyclic) bond motifs is 1. The Kier molecular flexibility index (Phi) is 2.87. The van der Waals surface area contributed by atoms with Crippen LogP contribution in [0.2, 0.25) is 0 Å². The van der Waals surface area contributed by atoms with Crippen molar-refractivity contribution in [3.05, 3.63) is 34.9 Å². The smallest absolute Gasteiger partial charge is 0.0725 e. The molecule has 0 spiro atoms. The SMILES string of the molecule is CCC(CC)c1ccc2c(c1)COC2. The van der Waals surface area contributed by atoms with Crippen LogP contribution in [0.15, 0.2) is 18.2 Å². The van der Waals surface area contributed by atoms with E-state index < -0.39 is 0 Å². The molecule has 0 aromatic heterocycles. The Morgan fingerprint density at radius 1 is 1.14 bits per heavy atom. The molecule has 0 fully saturated rings. The van der Waals surface area contributed by atoms with E-state index in [-0.39, 0.29) is 0 Å². The van der Waals surface area contributed by atoms with Crippen molar-refractivity contribution >= 4 is 0 Å². The van der Waals surface area contributed by atoms with Crippen molar-refractivity contribution in [2.24, 2.45) is 0 Å². The maximum atomic E-state index is 5.42. The van der Waals surface area contributed by atoms with Gasteiger partial charge in [0.15, 0.2) is 0 Å². The van der Waals surface area contributed by atoms with Crippen LogP contribution in [0.25, 0.3) is 0 Å². The molecular formula is C13H18O. The summed E-state index contributed by atoms with van der Waals surface area (Å²) in [5.41, 5.74) is 4.26. The van der Waals surface area contributed by atoms with E-state index in [1.807, 2.05) is 0 Å². The van der Waals surface area contributed by atoms with Gasteiger partial charge in [-0.3, -0.25) is 0 Å². The third-order valence-corrected chi connectivity index (χ3v) is 3.20. The average Bonchev–Trinajstić information content (AvgIpc) is 2.66. The van der Waals surface area contributed by atoms with Crippen molar-refractivity contribution in [2.45, 2.75) is 45.8 Å². The molecular weight excluding hydrogens is 172 g/mol. The molecule has 1 aliphatic rings. The summed E-state index contributed by atoms with van der Waals surface area (Å²) in [6, 6.07) is 6.83. The van der Waals surface area contributed by atoms with Crippen LogP contribution in [0, 0.1) is 0 Å². The third kappa shape index (κ3) is 1.69. The lowest BCUT2D eigenvalue weighted by molar-refractivity contribution is 0.134. The minimum atomic E-state index is 0.723. The second kappa shape index (κ2) is 4.14. The van der Waals surface area contributed by atoms with Gasteiger partial charge in [-0.05, 0) is 35.4 Å². The van der Waals surface area contributed by atoms with E-state index in [2.05, 4.69) is 32.0 Å². The van der Waals surface area contributed by atoms with E-state index >= 15 is 0 Å². The van der Waals surface area contributed by atoms with E-state index in [1.165, 1.54) is 29.5 Å². The molecule has 1 aromatic carbocycles. The topological polar surface area (TPSA) is 9.23 Å². The minimum absolute atomic E-state index is 0.723. The van der Waals surface area contributed by atoms with E-state index in [0.29, 0.717) is 0 Å². The molecule has 0 radical (unpaired) electrons. The van der Waals surface area contributed by atoms with E-state index in [0.717, 1.165) is 19.1 Å². The van der Waals surface area contributed by atoms with E-state index in [4.69, 9.17) is 4.74 Å². The first-order valence-electron chi connectivity index (χ1n) is 5.54. The molecule has 0 saturated heterocycles. The monoisotopic (exact) mass is 190 g/mol. The third-order valence-electron chi connectivity index (χ3n) is 3.20. The first-order valence-corrected chi connectivity index (χ1v) is 5.54. The normalized spacial score (nSPS) is 14.8. The molecule has 1 aromatic rings. The maximum absolute atomic E-state index is 5.42. The Morgan fingerprint density at radius 2 is 1.86 bits per heavy atom. The van der Waals surface area contributed by atoms with Gasteiger partial charge in [-0.1, -0.05) is 32.0 Å². The Labute approximate surface area is 86.1 Å². The van der Waals surface area contributed by atoms with Gasteiger partial charge in [0.05, 0.1) is 13.2 Å². The number of ether oxygens (including phenoxy) is 1. The van der Waals surface area contributed by atoms with Gasteiger partial charge in [0.25, 0.3) is 0 Å². The molecule has 0 atom stereocenters. The first kappa shape index (κ1) is 9.72. The first-order chi connectivity index (χ1) is 6.85. The van der Waals surface area contributed by atoms with E-state index in [1.54, 1.807) is 0 Å². The van der Waals surface area contributed by atoms with Crippen molar-refractivity contribution in [3.8, 4) is 0 Å². The lowest BCUT2D eigenvalue weighted by atomic mass is 9.92. The van der Waals surface area contributed by atoms with Crippen LogP contribution in [0.4, 0.5) is 0 Å². The molecule has 1 heterocycles. The van der Waals surface area contributed by atoms with E-state index in [9.17, 15) is 0 Å². The Hall–Kier alpha value is -0.820. The minimum Gasteiger partial charge on any atom is -0.372 e. The lowest BCUT2D eigenvalue weighted by Gasteiger charge is -2.13. The Bertz CT molecular complexity index is 313. The van der Waals surface area contributed by atoms with Crippen molar-refractivity contribution < 1.29 is 4.74 Å². The van der Waals surface area contributed by atoms with Crippen LogP contribution in [0.3, 0.4) is 0 Å². The summed E-state index contributed by atoms with van der Waals surface area (Å²) in [7, 11) is 0. The maximum Gasteiger partial charge on any atom is 0.0725 e. The fraction of sp³-hybridized carbons (Fsp3) is 0.538. The highest BCUT2D eigenvalue weighted by Crippen LogP contribution is 2.28. The Morgan fingerprint density at radius 3 is 2.57 bits per heavy atom. The van der Waals surface area contributed by atoms with Crippen LogP contribution in [0.5, 0.6) is 0 Å². The van der Waals surface area contributed by atoms with Gasteiger partial charge in [0, 0.05) is 0 Å². The zero-order chi connectivity index (χ0) is 9.97. The molecule has 0 bridgehead atoms. The number of benzene rings is 1. The molecule has 14 heavy (non-hydrogen) atoms. The van der Waals surface area contributed by atoms with Crippen LogP contribution in [-0.2, 0) is 18.0 Å². The van der Waals surface area contributed by atoms with Gasteiger partial charge in [0.2, 0.25) is 0 Å². The highest BCUT2D eigenvalue weighted by Gasteiger charge is 2.14. The second-order valence-corrected chi connectivity index (χ2v) is 4.03. The average molecular weight is 190 g/mol. The molecule has 0 unspecified atom stereocenters. The summed E-state index contributed by atoms with van der Waals surface area (Å²) in [5.74, 6) is 0.723. The standard InChI is InChI=1S/C13H18O/c1-3-10(4-2)11-5-6-12-8-14-9-13(12)7-11/h5-7,10H,3-4,8-9H2,1-2H3. The van der Waals surface area contributed by atoms with Crippen molar-refractivity contribution in [3.63, 3.8) is 0 Å². The number of rotatable bonds is 3. The molecule has 1 nitrogen and oxygen atoms in total. The van der Waals surface area contributed by atoms with Crippen molar-refractivity contribution in [2.75, 3.05) is 0 Å². The summed E-state index contributed by atoms with van der Waals surface area (Å²) in [6.45, 7) is 6.14. The number of hydrogen-bond acceptors (Lipinski definition) is 1. The molecule has 1 heteroatoms.